The van der Waals surface area contributed by atoms with Crippen LogP contribution in [0.1, 0.15) is 20.8 Å². The summed E-state index contributed by atoms with van der Waals surface area (Å²) >= 11 is 1.37. The van der Waals surface area contributed by atoms with Gasteiger partial charge in [0.25, 0.3) is 5.91 Å². The summed E-state index contributed by atoms with van der Waals surface area (Å²) in [6.45, 7) is 0. The van der Waals surface area contributed by atoms with E-state index >= 15 is 0 Å². The minimum Gasteiger partial charge on any atom is -0.366 e. The number of benzene rings is 1. The van der Waals surface area contributed by atoms with Gasteiger partial charge in [-0.25, -0.2) is 4.98 Å². The number of carbonyl (C=O) groups excluding carboxylic acids is 2. The van der Waals surface area contributed by atoms with Crippen LogP contribution in [0, 0.1) is 0 Å². The third-order valence-corrected chi connectivity index (χ3v) is 5.12. The monoisotopic (exact) mass is 388 g/mol. The summed E-state index contributed by atoms with van der Waals surface area (Å²) in [6.07, 6.45) is 5.06. The van der Waals surface area contributed by atoms with Crippen molar-refractivity contribution in [2.45, 2.75) is 0 Å². The fourth-order valence-electron chi connectivity index (χ4n) is 2.96. The fourth-order valence-corrected chi connectivity index (χ4v) is 3.58. The molecule has 0 aliphatic heterocycles. The van der Waals surface area contributed by atoms with Gasteiger partial charge in [0.15, 0.2) is 0 Å². The van der Waals surface area contributed by atoms with Gasteiger partial charge in [-0.15, -0.1) is 11.3 Å². The van der Waals surface area contributed by atoms with E-state index in [-0.39, 0.29) is 5.91 Å². The smallest absolute Gasteiger partial charge is 0.265 e. The van der Waals surface area contributed by atoms with Crippen LogP contribution in [0.25, 0.3) is 22.7 Å². The second-order valence-corrected chi connectivity index (χ2v) is 6.99. The summed E-state index contributed by atoms with van der Waals surface area (Å²) in [5.74, 6) is -0.731. The standard InChI is InChI=1S/C21H16N4O2S/c22-19(26)15(13-5-2-1-3-6-13)11-14-12-24-20-18(14)16(8-9-23-20)25-21(27)17-7-4-10-28-17/h1-12H,(H2,22,26)(H2,23,24,25,27). The van der Waals surface area contributed by atoms with Gasteiger partial charge in [0.1, 0.15) is 5.65 Å². The van der Waals surface area contributed by atoms with Crippen molar-refractivity contribution in [2.75, 3.05) is 5.32 Å². The van der Waals surface area contributed by atoms with E-state index in [1.54, 1.807) is 30.6 Å². The maximum Gasteiger partial charge on any atom is 0.265 e. The SMILES string of the molecule is NC(=O)C(=Cc1c[nH]c2nccc(NC(=O)c3cccs3)c12)c1ccccc1. The summed E-state index contributed by atoms with van der Waals surface area (Å²) in [5.41, 5.74) is 8.63. The Balaban J connectivity index is 1.80. The molecule has 3 aromatic heterocycles. The van der Waals surface area contributed by atoms with Gasteiger partial charge in [-0.05, 0) is 29.2 Å². The number of anilines is 1. The fraction of sp³-hybridized carbons (Fsp3) is 0. The second kappa shape index (κ2) is 7.50. The highest BCUT2D eigenvalue weighted by Crippen LogP contribution is 2.29. The highest BCUT2D eigenvalue weighted by molar-refractivity contribution is 7.12. The van der Waals surface area contributed by atoms with Gasteiger partial charge in [0.05, 0.1) is 10.6 Å². The number of H-pyrrole nitrogens is 1. The van der Waals surface area contributed by atoms with Crippen LogP contribution in [0.15, 0.2) is 66.3 Å². The first-order valence-electron chi connectivity index (χ1n) is 8.51. The molecule has 1 aromatic carbocycles. The van der Waals surface area contributed by atoms with E-state index in [0.29, 0.717) is 32.7 Å². The van der Waals surface area contributed by atoms with Crippen LogP contribution in [-0.2, 0) is 4.79 Å². The molecule has 0 fully saturated rings. The lowest BCUT2D eigenvalue weighted by atomic mass is 10.0. The van der Waals surface area contributed by atoms with E-state index in [4.69, 9.17) is 5.73 Å². The maximum absolute atomic E-state index is 12.5. The van der Waals surface area contributed by atoms with Crippen LogP contribution in [0.5, 0.6) is 0 Å². The van der Waals surface area contributed by atoms with Crippen molar-refractivity contribution in [3.05, 3.63) is 82.3 Å². The van der Waals surface area contributed by atoms with Gasteiger partial charge in [-0.1, -0.05) is 36.4 Å². The maximum atomic E-state index is 12.5. The van der Waals surface area contributed by atoms with Crippen molar-refractivity contribution in [1.29, 1.82) is 0 Å². The first-order chi connectivity index (χ1) is 13.6. The van der Waals surface area contributed by atoms with Crippen LogP contribution < -0.4 is 11.1 Å². The van der Waals surface area contributed by atoms with E-state index in [1.165, 1.54) is 11.3 Å². The van der Waals surface area contributed by atoms with Gasteiger partial charge in [0, 0.05) is 28.9 Å². The molecule has 0 spiro atoms. The number of nitrogens with one attached hydrogen (secondary N) is 2. The van der Waals surface area contributed by atoms with E-state index in [0.717, 1.165) is 5.56 Å². The minimum absolute atomic E-state index is 0.197. The van der Waals surface area contributed by atoms with E-state index in [1.807, 2.05) is 41.8 Å². The van der Waals surface area contributed by atoms with Gasteiger partial charge >= 0.3 is 0 Å². The summed E-state index contributed by atoms with van der Waals surface area (Å²) in [6, 6.07) is 14.5. The van der Waals surface area contributed by atoms with Crippen molar-refractivity contribution in [2.24, 2.45) is 5.73 Å². The number of aromatic nitrogens is 2. The number of rotatable bonds is 5. The summed E-state index contributed by atoms with van der Waals surface area (Å²) in [7, 11) is 0. The lowest BCUT2D eigenvalue weighted by Crippen LogP contribution is -2.13. The summed E-state index contributed by atoms with van der Waals surface area (Å²) < 4.78 is 0. The van der Waals surface area contributed by atoms with Crippen LogP contribution in [-0.4, -0.2) is 21.8 Å². The zero-order valence-corrected chi connectivity index (χ0v) is 15.5. The van der Waals surface area contributed by atoms with Gasteiger partial charge in [-0.3, -0.25) is 9.59 Å². The van der Waals surface area contributed by atoms with Crippen LogP contribution in [0.2, 0.25) is 0 Å². The summed E-state index contributed by atoms with van der Waals surface area (Å²) in [5, 5.41) is 5.48. The van der Waals surface area contributed by atoms with Crippen LogP contribution in [0.3, 0.4) is 0 Å². The first-order valence-corrected chi connectivity index (χ1v) is 9.39. The molecule has 0 saturated carbocycles. The molecule has 0 saturated heterocycles. The number of hydrogen-bond acceptors (Lipinski definition) is 4. The van der Waals surface area contributed by atoms with E-state index in [9.17, 15) is 9.59 Å². The number of amides is 2. The Labute approximate surface area is 164 Å². The molecule has 0 unspecified atom stereocenters. The van der Waals surface area contributed by atoms with Crippen molar-refractivity contribution < 1.29 is 9.59 Å². The average molecular weight is 388 g/mol. The van der Waals surface area contributed by atoms with Crippen LogP contribution >= 0.6 is 11.3 Å². The molecule has 7 heteroatoms. The quantitative estimate of drug-likeness (QED) is 0.452. The molecule has 3 heterocycles. The average Bonchev–Trinajstić information content (AvgIpc) is 3.37. The molecular formula is C21H16N4O2S. The highest BCUT2D eigenvalue weighted by atomic mass is 32.1. The third kappa shape index (κ3) is 3.43. The van der Waals surface area contributed by atoms with E-state index in [2.05, 4.69) is 15.3 Å². The summed E-state index contributed by atoms with van der Waals surface area (Å²) in [4.78, 5) is 32.5. The molecule has 4 rings (SSSR count). The van der Waals surface area contributed by atoms with Crippen LogP contribution in [0.4, 0.5) is 5.69 Å². The Morgan fingerprint density at radius 2 is 1.93 bits per heavy atom. The number of nitrogens with zero attached hydrogens (tertiary/aromatic N) is 1. The lowest BCUT2D eigenvalue weighted by molar-refractivity contribution is -0.112. The Morgan fingerprint density at radius 3 is 2.64 bits per heavy atom. The molecular weight excluding hydrogens is 372 g/mol. The van der Waals surface area contributed by atoms with Crippen molar-refractivity contribution >= 4 is 51.5 Å². The predicted octanol–water partition coefficient (Wildman–Crippen LogP) is 3.90. The lowest BCUT2D eigenvalue weighted by Gasteiger charge is -2.07. The molecule has 4 aromatic rings. The number of nitrogens with two attached hydrogens (primary N) is 1. The molecule has 0 radical (unpaired) electrons. The number of hydrogen-bond donors (Lipinski definition) is 3. The number of carbonyl (C=O) groups is 2. The highest BCUT2D eigenvalue weighted by Gasteiger charge is 2.15. The molecule has 6 nitrogen and oxygen atoms in total. The third-order valence-electron chi connectivity index (χ3n) is 4.25. The Bertz CT molecular complexity index is 1180. The molecule has 0 aliphatic carbocycles. The largest absolute Gasteiger partial charge is 0.366 e. The van der Waals surface area contributed by atoms with Gasteiger partial charge in [0.2, 0.25) is 5.91 Å². The zero-order valence-electron chi connectivity index (χ0n) is 14.7. The molecule has 0 atom stereocenters. The minimum atomic E-state index is -0.534. The molecule has 2 amide bonds. The Kier molecular flexibility index (Phi) is 4.74. The number of aromatic amines is 1. The van der Waals surface area contributed by atoms with Crippen molar-refractivity contribution in [3.63, 3.8) is 0 Å². The second-order valence-electron chi connectivity index (χ2n) is 6.05. The Morgan fingerprint density at radius 1 is 1.11 bits per heavy atom. The number of pyridine rings is 1. The number of primary amides is 1. The number of thiophene rings is 1. The van der Waals surface area contributed by atoms with Gasteiger partial charge in [-0.2, -0.15) is 0 Å². The normalized spacial score (nSPS) is 11.5. The number of fused-ring (bicyclic) bond motifs is 1. The van der Waals surface area contributed by atoms with E-state index < -0.39 is 5.91 Å². The zero-order chi connectivity index (χ0) is 19.5. The Hall–Kier alpha value is -3.71. The van der Waals surface area contributed by atoms with Gasteiger partial charge < -0.3 is 16.0 Å². The van der Waals surface area contributed by atoms with Crippen molar-refractivity contribution in [3.8, 4) is 0 Å². The molecule has 0 bridgehead atoms. The molecule has 0 aliphatic rings. The first kappa shape index (κ1) is 17.7. The molecule has 4 N–H and O–H groups in total. The predicted molar refractivity (Wildman–Crippen MR) is 112 cm³/mol. The molecule has 28 heavy (non-hydrogen) atoms. The van der Waals surface area contributed by atoms with Crippen molar-refractivity contribution in [1.82, 2.24) is 9.97 Å². The molecule has 138 valence electrons. The topological polar surface area (TPSA) is 101 Å².